The molecular weight excluding hydrogens is 432 g/mol. The van der Waals surface area contributed by atoms with E-state index in [1.54, 1.807) is 36.4 Å². The molecule has 7 heteroatoms. The number of rotatable bonds is 7. The Kier molecular flexibility index (Phi) is 6.36. The molecule has 0 radical (unpaired) electrons. The van der Waals surface area contributed by atoms with Gasteiger partial charge in [-0.25, -0.2) is 0 Å². The largest absolute Gasteiger partial charge is 0.493 e. The van der Waals surface area contributed by atoms with Gasteiger partial charge >= 0.3 is 0 Å². The lowest BCUT2D eigenvalue weighted by atomic mass is 10.0. The number of carbonyl (C=O) groups is 3. The van der Waals surface area contributed by atoms with Gasteiger partial charge < -0.3 is 14.8 Å². The average Bonchev–Trinajstić information content (AvgIpc) is 3.08. The van der Waals surface area contributed by atoms with Crippen LogP contribution in [-0.2, 0) is 6.54 Å². The van der Waals surface area contributed by atoms with Crippen LogP contribution in [0.15, 0.2) is 60.7 Å². The van der Waals surface area contributed by atoms with Crippen molar-refractivity contribution in [2.24, 2.45) is 0 Å². The Morgan fingerprint density at radius 3 is 2.12 bits per heavy atom. The zero-order valence-corrected chi connectivity index (χ0v) is 19.5. The molecule has 0 saturated carbocycles. The van der Waals surface area contributed by atoms with E-state index in [1.807, 2.05) is 24.3 Å². The molecule has 0 atom stereocenters. The Balaban J connectivity index is 1.69. The molecule has 3 aromatic carbocycles. The fourth-order valence-corrected chi connectivity index (χ4v) is 4.15. The molecule has 34 heavy (non-hydrogen) atoms. The van der Waals surface area contributed by atoms with E-state index >= 15 is 0 Å². The summed E-state index contributed by atoms with van der Waals surface area (Å²) in [6.07, 6.45) is 0. The van der Waals surface area contributed by atoms with Crippen molar-refractivity contribution in [1.82, 2.24) is 4.90 Å². The molecule has 0 fully saturated rings. The van der Waals surface area contributed by atoms with E-state index in [2.05, 4.69) is 19.2 Å². The van der Waals surface area contributed by atoms with Gasteiger partial charge in [0.05, 0.1) is 31.9 Å². The molecule has 174 valence electrons. The van der Waals surface area contributed by atoms with Crippen LogP contribution < -0.4 is 14.8 Å². The zero-order chi connectivity index (χ0) is 24.4. The molecule has 0 bridgehead atoms. The number of nitrogens with zero attached hydrogens (tertiary/aromatic N) is 1. The van der Waals surface area contributed by atoms with Crippen molar-refractivity contribution in [2.75, 3.05) is 19.5 Å². The standard InChI is InChI=1S/C27H26N2O5/c1-16(2)19-9-7-8-12-22(19)28-25(30)17-13-18(24(34-4)23(14-17)33-3)15-29-26(31)20-10-5-6-11-21(20)27(29)32/h5-14,16H,15H2,1-4H3,(H,28,30). The number of hydrogen-bond acceptors (Lipinski definition) is 5. The van der Waals surface area contributed by atoms with Crippen molar-refractivity contribution in [3.63, 3.8) is 0 Å². The van der Waals surface area contributed by atoms with E-state index < -0.39 is 0 Å². The second kappa shape index (κ2) is 9.39. The predicted molar refractivity (Wildman–Crippen MR) is 129 cm³/mol. The maximum Gasteiger partial charge on any atom is 0.261 e. The summed E-state index contributed by atoms with van der Waals surface area (Å²) in [6.45, 7) is 4.05. The Hall–Kier alpha value is -4.13. The summed E-state index contributed by atoms with van der Waals surface area (Å²) in [6, 6.07) is 17.5. The number of fused-ring (bicyclic) bond motifs is 1. The number of carbonyl (C=O) groups excluding carboxylic acids is 3. The smallest absolute Gasteiger partial charge is 0.261 e. The highest BCUT2D eigenvalue weighted by molar-refractivity contribution is 6.21. The van der Waals surface area contributed by atoms with Gasteiger partial charge in [-0.2, -0.15) is 0 Å². The lowest BCUT2D eigenvalue weighted by Crippen LogP contribution is -2.29. The van der Waals surface area contributed by atoms with Crippen molar-refractivity contribution in [3.05, 3.63) is 88.5 Å². The first-order valence-corrected chi connectivity index (χ1v) is 11.0. The van der Waals surface area contributed by atoms with Crippen LogP contribution in [0.3, 0.4) is 0 Å². The minimum atomic E-state index is -0.387. The summed E-state index contributed by atoms with van der Waals surface area (Å²) in [7, 11) is 2.95. The van der Waals surface area contributed by atoms with Crippen LogP contribution in [0, 0.1) is 0 Å². The van der Waals surface area contributed by atoms with Crippen LogP contribution in [0.25, 0.3) is 0 Å². The topological polar surface area (TPSA) is 84.9 Å². The number of imide groups is 1. The second-order valence-corrected chi connectivity index (χ2v) is 8.31. The Morgan fingerprint density at radius 2 is 1.53 bits per heavy atom. The number of benzene rings is 3. The predicted octanol–water partition coefficient (Wildman–Crippen LogP) is 4.88. The highest BCUT2D eigenvalue weighted by Crippen LogP contribution is 2.36. The van der Waals surface area contributed by atoms with Gasteiger partial charge in [-0.3, -0.25) is 19.3 Å². The number of hydrogen-bond donors (Lipinski definition) is 1. The van der Waals surface area contributed by atoms with Crippen molar-refractivity contribution in [2.45, 2.75) is 26.3 Å². The molecule has 0 spiro atoms. The van der Waals surface area contributed by atoms with Gasteiger partial charge in [0.2, 0.25) is 0 Å². The van der Waals surface area contributed by atoms with Gasteiger partial charge in [0.15, 0.2) is 11.5 Å². The van der Waals surface area contributed by atoms with Gasteiger partial charge in [-0.1, -0.05) is 44.2 Å². The minimum absolute atomic E-state index is 0.0599. The monoisotopic (exact) mass is 458 g/mol. The molecule has 4 rings (SSSR count). The average molecular weight is 459 g/mol. The van der Waals surface area contributed by atoms with Gasteiger partial charge in [0.1, 0.15) is 0 Å². The van der Waals surface area contributed by atoms with Crippen molar-refractivity contribution in [1.29, 1.82) is 0 Å². The van der Waals surface area contributed by atoms with Crippen LogP contribution in [0.2, 0.25) is 0 Å². The van der Waals surface area contributed by atoms with Crippen LogP contribution >= 0.6 is 0 Å². The molecule has 1 heterocycles. The van der Waals surface area contributed by atoms with E-state index in [-0.39, 0.29) is 30.2 Å². The Labute approximate surface area is 198 Å². The molecule has 1 N–H and O–H groups in total. The molecule has 3 aromatic rings. The molecule has 0 aromatic heterocycles. The van der Waals surface area contributed by atoms with E-state index in [9.17, 15) is 14.4 Å². The van der Waals surface area contributed by atoms with Crippen LogP contribution in [0.5, 0.6) is 11.5 Å². The zero-order valence-electron chi connectivity index (χ0n) is 19.5. The molecule has 0 unspecified atom stereocenters. The summed E-state index contributed by atoms with van der Waals surface area (Å²) in [5, 5.41) is 2.97. The van der Waals surface area contributed by atoms with Gasteiger partial charge in [0, 0.05) is 16.8 Å². The molecule has 1 aliphatic rings. The summed E-state index contributed by atoms with van der Waals surface area (Å²) in [4.78, 5) is 40.1. The maximum absolute atomic E-state index is 13.2. The summed E-state index contributed by atoms with van der Waals surface area (Å²) >= 11 is 0. The molecule has 7 nitrogen and oxygen atoms in total. The van der Waals surface area contributed by atoms with Crippen LogP contribution in [0.1, 0.15) is 62.0 Å². The Morgan fingerprint density at radius 1 is 0.912 bits per heavy atom. The van der Waals surface area contributed by atoms with Crippen LogP contribution in [-0.4, -0.2) is 36.8 Å². The summed E-state index contributed by atoms with van der Waals surface area (Å²) in [5.74, 6) is -0.189. The third-order valence-electron chi connectivity index (χ3n) is 5.86. The second-order valence-electron chi connectivity index (χ2n) is 8.31. The number of ether oxygens (including phenoxy) is 2. The highest BCUT2D eigenvalue weighted by Gasteiger charge is 2.36. The number of nitrogens with one attached hydrogen (secondary N) is 1. The fourth-order valence-electron chi connectivity index (χ4n) is 4.15. The van der Waals surface area contributed by atoms with E-state index in [4.69, 9.17) is 9.47 Å². The number of amides is 3. The quantitative estimate of drug-likeness (QED) is 0.511. The molecule has 0 saturated heterocycles. The molecule has 1 aliphatic heterocycles. The third-order valence-corrected chi connectivity index (χ3v) is 5.86. The van der Waals surface area contributed by atoms with Crippen molar-refractivity contribution >= 4 is 23.4 Å². The first kappa shape index (κ1) is 23.0. The maximum atomic E-state index is 13.2. The van der Waals surface area contributed by atoms with E-state index in [0.717, 1.165) is 16.2 Å². The molecule has 3 amide bonds. The lowest BCUT2D eigenvalue weighted by molar-refractivity contribution is 0.0641. The Bertz CT molecular complexity index is 1250. The lowest BCUT2D eigenvalue weighted by Gasteiger charge is -2.19. The van der Waals surface area contributed by atoms with E-state index in [0.29, 0.717) is 33.8 Å². The van der Waals surface area contributed by atoms with Crippen molar-refractivity contribution in [3.8, 4) is 11.5 Å². The highest BCUT2D eigenvalue weighted by atomic mass is 16.5. The fraction of sp³-hybridized carbons (Fsp3) is 0.222. The normalized spacial score (nSPS) is 12.7. The first-order valence-electron chi connectivity index (χ1n) is 11.0. The molecule has 0 aliphatic carbocycles. The van der Waals surface area contributed by atoms with Gasteiger partial charge in [0.25, 0.3) is 17.7 Å². The minimum Gasteiger partial charge on any atom is -0.493 e. The van der Waals surface area contributed by atoms with E-state index in [1.165, 1.54) is 14.2 Å². The first-order chi connectivity index (χ1) is 16.3. The summed E-state index contributed by atoms with van der Waals surface area (Å²) in [5.41, 5.74) is 3.26. The third kappa shape index (κ3) is 4.12. The SMILES string of the molecule is COc1cc(C(=O)Nc2ccccc2C(C)C)cc(CN2C(=O)c3ccccc3C2=O)c1OC. The molecular formula is C27H26N2O5. The number of para-hydroxylation sites is 1. The van der Waals surface area contributed by atoms with Gasteiger partial charge in [-0.05, 0) is 41.8 Å². The number of anilines is 1. The van der Waals surface area contributed by atoms with Crippen LogP contribution in [0.4, 0.5) is 5.69 Å². The van der Waals surface area contributed by atoms with Crippen molar-refractivity contribution < 1.29 is 23.9 Å². The van der Waals surface area contributed by atoms with Gasteiger partial charge in [-0.15, -0.1) is 0 Å². The number of methoxy groups -OCH3 is 2. The summed E-state index contributed by atoms with van der Waals surface area (Å²) < 4.78 is 11.0.